The molecule has 1 aromatic rings. The maximum Gasteiger partial charge on any atom is 0.124 e. The quantitative estimate of drug-likeness (QED) is 0.875. The van der Waals surface area contributed by atoms with Gasteiger partial charge in [-0.15, -0.1) is 0 Å². The van der Waals surface area contributed by atoms with Crippen LogP contribution >= 0.6 is 0 Å². The summed E-state index contributed by atoms with van der Waals surface area (Å²) in [5, 5.41) is 10.8. The van der Waals surface area contributed by atoms with Crippen molar-refractivity contribution >= 4 is 0 Å². The first-order valence-electron chi connectivity index (χ1n) is 7.39. The van der Waals surface area contributed by atoms with Crippen LogP contribution < -0.4 is 0 Å². The van der Waals surface area contributed by atoms with Crippen molar-refractivity contribution in [3.05, 3.63) is 47.7 Å². The van der Waals surface area contributed by atoms with Crippen molar-refractivity contribution in [2.24, 2.45) is 0 Å². The molecule has 1 aliphatic carbocycles. The van der Waals surface area contributed by atoms with Crippen LogP contribution in [0.1, 0.15) is 50.0 Å². The van der Waals surface area contributed by atoms with Crippen molar-refractivity contribution in [1.29, 1.82) is 0 Å². The fourth-order valence-electron chi connectivity index (χ4n) is 3.28. The van der Waals surface area contributed by atoms with Crippen LogP contribution in [-0.2, 0) is 4.74 Å². The lowest BCUT2D eigenvalue weighted by molar-refractivity contribution is -0.0255. The number of allylic oxidation sites excluding steroid dienone is 1. The van der Waals surface area contributed by atoms with Crippen LogP contribution in [0.5, 0.6) is 0 Å². The summed E-state index contributed by atoms with van der Waals surface area (Å²) in [6.45, 7) is 0.760. The smallest absolute Gasteiger partial charge is 0.124 e. The first-order chi connectivity index (χ1) is 9.28. The van der Waals surface area contributed by atoms with Crippen molar-refractivity contribution in [2.75, 3.05) is 6.61 Å². The average Bonchev–Trinajstić information content (AvgIpc) is 2.50. The molecule has 0 atom stereocenters. The summed E-state index contributed by atoms with van der Waals surface area (Å²) in [7, 11) is 0. The highest BCUT2D eigenvalue weighted by molar-refractivity contribution is 5.22. The molecular formula is C17H22O2. The van der Waals surface area contributed by atoms with Crippen LogP contribution in [0, 0.1) is 0 Å². The Morgan fingerprint density at radius 1 is 1.11 bits per heavy atom. The zero-order valence-electron chi connectivity index (χ0n) is 11.3. The minimum Gasteiger partial charge on any atom is -0.495 e. The minimum absolute atomic E-state index is 0.589. The molecule has 2 aliphatic rings. The number of aliphatic hydroxyl groups is 1. The molecule has 0 aromatic heterocycles. The standard InChI is InChI=1S/C17H22O2/c18-17(16-8-4-5-13-19-16)11-9-15(10-12-17)14-6-2-1-3-7-14/h1-3,6-8,15,18H,4-5,9-13H2. The number of hydrogen-bond acceptors (Lipinski definition) is 2. The summed E-state index contributed by atoms with van der Waals surface area (Å²) >= 11 is 0. The fourth-order valence-corrected chi connectivity index (χ4v) is 3.28. The maximum atomic E-state index is 10.8. The fraction of sp³-hybridized carbons (Fsp3) is 0.529. The SMILES string of the molecule is OC1(C2=CCCCO2)CCC(c2ccccc2)CC1. The van der Waals surface area contributed by atoms with Gasteiger partial charge in [0.15, 0.2) is 0 Å². The van der Waals surface area contributed by atoms with Gasteiger partial charge in [-0.1, -0.05) is 30.3 Å². The predicted molar refractivity (Wildman–Crippen MR) is 75.9 cm³/mol. The molecule has 1 aromatic carbocycles. The molecule has 0 unspecified atom stereocenters. The first kappa shape index (κ1) is 12.7. The van der Waals surface area contributed by atoms with Crippen molar-refractivity contribution in [3.63, 3.8) is 0 Å². The molecule has 3 rings (SSSR count). The molecule has 0 spiro atoms. The van der Waals surface area contributed by atoms with E-state index in [0.29, 0.717) is 5.92 Å². The molecule has 0 amide bonds. The van der Waals surface area contributed by atoms with Crippen LogP contribution in [0.15, 0.2) is 42.2 Å². The number of benzene rings is 1. The van der Waals surface area contributed by atoms with E-state index in [4.69, 9.17) is 4.74 Å². The van der Waals surface area contributed by atoms with Gasteiger partial charge in [0, 0.05) is 0 Å². The highest BCUT2D eigenvalue weighted by Crippen LogP contribution is 2.42. The number of ether oxygens (including phenoxy) is 1. The van der Waals surface area contributed by atoms with Crippen molar-refractivity contribution < 1.29 is 9.84 Å². The van der Waals surface area contributed by atoms with Crippen LogP contribution in [0.25, 0.3) is 0 Å². The monoisotopic (exact) mass is 258 g/mol. The van der Waals surface area contributed by atoms with Crippen LogP contribution in [0.2, 0.25) is 0 Å². The molecular weight excluding hydrogens is 236 g/mol. The molecule has 1 fully saturated rings. The van der Waals surface area contributed by atoms with Gasteiger partial charge in [-0.25, -0.2) is 0 Å². The average molecular weight is 258 g/mol. The van der Waals surface area contributed by atoms with Gasteiger partial charge in [-0.05, 0) is 56.1 Å². The lowest BCUT2D eigenvalue weighted by atomic mass is 9.75. The molecule has 0 saturated heterocycles. The third-order valence-corrected chi connectivity index (χ3v) is 4.48. The summed E-state index contributed by atoms with van der Waals surface area (Å²) in [6, 6.07) is 10.7. The van der Waals surface area contributed by atoms with Crippen LogP contribution in [-0.4, -0.2) is 17.3 Å². The van der Waals surface area contributed by atoms with E-state index < -0.39 is 5.60 Å². The molecule has 19 heavy (non-hydrogen) atoms. The van der Waals surface area contributed by atoms with Crippen molar-refractivity contribution in [3.8, 4) is 0 Å². The Morgan fingerprint density at radius 3 is 2.47 bits per heavy atom. The highest BCUT2D eigenvalue weighted by Gasteiger charge is 2.38. The summed E-state index contributed by atoms with van der Waals surface area (Å²) < 4.78 is 5.67. The van der Waals surface area contributed by atoms with Gasteiger partial charge in [0.2, 0.25) is 0 Å². The lowest BCUT2D eigenvalue weighted by Crippen LogP contribution is -2.37. The Kier molecular flexibility index (Phi) is 3.61. The van der Waals surface area contributed by atoms with E-state index >= 15 is 0 Å². The Labute approximate surface area is 115 Å². The van der Waals surface area contributed by atoms with Crippen molar-refractivity contribution in [1.82, 2.24) is 0 Å². The molecule has 1 aliphatic heterocycles. The molecule has 1 heterocycles. The third-order valence-electron chi connectivity index (χ3n) is 4.48. The predicted octanol–water partition coefficient (Wildman–Crippen LogP) is 3.77. The Morgan fingerprint density at radius 2 is 1.84 bits per heavy atom. The van der Waals surface area contributed by atoms with Gasteiger partial charge in [-0.3, -0.25) is 0 Å². The summed E-state index contributed by atoms with van der Waals surface area (Å²) in [6.07, 6.45) is 7.93. The molecule has 1 N–H and O–H groups in total. The second kappa shape index (κ2) is 5.38. The van der Waals surface area contributed by atoms with Gasteiger partial charge in [0.1, 0.15) is 11.4 Å². The number of rotatable bonds is 2. The van der Waals surface area contributed by atoms with E-state index in [2.05, 4.69) is 36.4 Å². The maximum absolute atomic E-state index is 10.8. The summed E-state index contributed by atoms with van der Waals surface area (Å²) in [5.74, 6) is 1.43. The largest absolute Gasteiger partial charge is 0.495 e. The van der Waals surface area contributed by atoms with E-state index in [1.54, 1.807) is 0 Å². The van der Waals surface area contributed by atoms with E-state index in [-0.39, 0.29) is 0 Å². The molecule has 1 saturated carbocycles. The van der Waals surface area contributed by atoms with Gasteiger partial charge in [0.25, 0.3) is 0 Å². The normalized spacial score (nSPS) is 31.4. The van der Waals surface area contributed by atoms with Gasteiger partial charge in [-0.2, -0.15) is 0 Å². The minimum atomic E-state index is -0.703. The summed E-state index contributed by atoms with van der Waals surface area (Å²) in [5.41, 5.74) is 0.703. The first-order valence-corrected chi connectivity index (χ1v) is 7.39. The van der Waals surface area contributed by atoms with E-state index in [0.717, 1.165) is 50.9 Å². The molecule has 0 bridgehead atoms. The molecule has 2 heteroatoms. The lowest BCUT2D eigenvalue weighted by Gasteiger charge is -2.38. The van der Waals surface area contributed by atoms with Gasteiger partial charge < -0.3 is 9.84 Å². The summed E-state index contributed by atoms with van der Waals surface area (Å²) in [4.78, 5) is 0. The van der Waals surface area contributed by atoms with Gasteiger partial charge in [0.05, 0.1) is 6.61 Å². The Hall–Kier alpha value is -1.28. The Bertz CT molecular complexity index is 442. The highest BCUT2D eigenvalue weighted by atomic mass is 16.5. The van der Waals surface area contributed by atoms with E-state index in [9.17, 15) is 5.11 Å². The van der Waals surface area contributed by atoms with Crippen molar-refractivity contribution in [2.45, 2.75) is 50.0 Å². The molecule has 102 valence electrons. The molecule has 2 nitrogen and oxygen atoms in total. The topological polar surface area (TPSA) is 29.5 Å². The van der Waals surface area contributed by atoms with Gasteiger partial charge >= 0.3 is 0 Å². The van der Waals surface area contributed by atoms with E-state index in [1.807, 2.05) is 0 Å². The third kappa shape index (κ3) is 2.69. The second-order valence-corrected chi connectivity index (χ2v) is 5.78. The number of hydrogen-bond donors (Lipinski definition) is 1. The van der Waals surface area contributed by atoms with E-state index in [1.165, 1.54) is 5.56 Å². The Balaban J connectivity index is 1.67. The molecule has 0 radical (unpaired) electrons. The van der Waals surface area contributed by atoms with Crippen LogP contribution in [0.3, 0.4) is 0 Å². The zero-order chi connectivity index (χ0) is 13.1. The second-order valence-electron chi connectivity index (χ2n) is 5.78. The zero-order valence-corrected chi connectivity index (χ0v) is 11.3. The van der Waals surface area contributed by atoms with Crippen LogP contribution in [0.4, 0.5) is 0 Å².